The first kappa shape index (κ1) is 10.7. The van der Waals surface area contributed by atoms with Crippen molar-refractivity contribution < 1.29 is 0 Å². The third-order valence-electron chi connectivity index (χ3n) is 1.73. The van der Waals surface area contributed by atoms with Crippen molar-refractivity contribution in [3.05, 3.63) is 27.0 Å². The van der Waals surface area contributed by atoms with Crippen molar-refractivity contribution in [2.75, 3.05) is 5.75 Å². The van der Waals surface area contributed by atoms with Crippen molar-refractivity contribution in [1.29, 1.82) is 0 Å². The molecule has 0 fully saturated rings. The minimum Gasteiger partial charge on any atom is -0.302 e. The van der Waals surface area contributed by atoms with Crippen LogP contribution in [0, 0.1) is 12.3 Å². The summed E-state index contributed by atoms with van der Waals surface area (Å²) in [5, 5.41) is 0. The highest BCUT2D eigenvalue weighted by Gasteiger charge is 2.05. The Morgan fingerprint density at radius 3 is 2.71 bits per heavy atom. The molecule has 0 aliphatic heterocycles. The fourth-order valence-corrected chi connectivity index (χ4v) is 1.73. The summed E-state index contributed by atoms with van der Waals surface area (Å²) in [7, 11) is 3.05. The van der Waals surface area contributed by atoms with Gasteiger partial charge in [0.15, 0.2) is 0 Å². The number of aryl methyl sites for hydroxylation is 1. The lowest BCUT2D eigenvalue weighted by Gasteiger charge is -2.04. The molecule has 0 saturated carbocycles. The molecule has 1 aromatic rings. The first-order valence-corrected chi connectivity index (χ1v) is 4.89. The van der Waals surface area contributed by atoms with Gasteiger partial charge in [-0.15, -0.1) is 18.2 Å². The third-order valence-corrected chi connectivity index (χ3v) is 2.63. The van der Waals surface area contributed by atoms with E-state index in [1.54, 1.807) is 7.05 Å². The van der Waals surface area contributed by atoms with E-state index in [1.165, 1.54) is 29.6 Å². The molecular weight excluding hydrogens is 200 g/mol. The van der Waals surface area contributed by atoms with Gasteiger partial charge in [-0.1, -0.05) is 5.92 Å². The maximum absolute atomic E-state index is 11.5. The lowest BCUT2D eigenvalue weighted by molar-refractivity contribution is 0.662. The van der Waals surface area contributed by atoms with Gasteiger partial charge in [-0.3, -0.25) is 9.36 Å². The number of hydrogen-bond donors (Lipinski definition) is 0. The van der Waals surface area contributed by atoms with Crippen LogP contribution >= 0.6 is 11.8 Å². The summed E-state index contributed by atoms with van der Waals surface area (Å²) in [5.74, 6) is 2.85. The van der Waals surface area contributed by atoms with Crippen LogP contribution in [0.4, 0.5) is 0 Å². The van der Waals surface area contributed by atoms with Gasteiger partial charge in [-0.05, 0) is 0 Å². The Labute approximate surface area is 85.6 Å². The van der Waals surface area contributed by atoms with E-state index in [2.05, 4.69) is 5.92 Å². The lowest BCUT2D eigenvalue weighted by atomic mass is 10.6. The average Bonchev–Trinajstić information content (AvgIpc) is 2.18. The molecule has 0 radical (unpaired) electrons. The van der Waals surface area contributed by atoms with Crippen LogP contribution in [0.25, 0.3) is 0 Å². The van der Waals surface area contributed by atoms with Crippen LogP contribution in [0.15, 0.2) is 20.7 Å². The zero-order valence-corrected chi connectivity index (χ0v) is 8.80. The second-order valence-corrected chi connectivity index (χ2v) is 3.76. The maximum atomic E-state index is 11.5. The molecule has 14 heavy (non-hydrogen) atoms. The second kappa shape index (κ2) is 4.20. The SMILES string of the molecule is C#CCSc1cn(C)c(=O)n(C)c1=O. The van der Waals surface area contributed by atoms with E-state index in [0.29, 0.717) is 10.6 Å². The monoisotopic (exact) mass is 210 g/mol. The fourth-order valence-electron chi connectivity index (χ4n) is 0.994. The molecule has 0 spiro atoms. The number of aromatic nitrogens is 2. The summed E-state index contributed by atoms with van der Waals surface area (Å²) in [5.41, 5.74) is -0.631. The Morgan fingerprint density at radius 1 is 1.50 bits per heavy atom. The molecule has 0 aromatic carbocycles. The first-order valence-electron chi connectivity index (χ1n) is 3.91. The summed E-state index contributed by atoms with van der Waals surface area (Å²) >= 11 is 1.25. The van der Waals surface area contributed by atoms with Crippen molar-refractivity contribution in [2.24, 2.45) is 14.1 Å². The van der Waals surface area contributed by atoms with Crippen molar-refractivity contribution >= 4 is 11.8 Å². The van der Waals surface area contributed by atoms with Crippen molar-refractivity contribution in [3.63, 3.8) is 0 Å². The fraction of sp³-hybridized carbons (Fsp3) is 0.333. The van der Waals surface area contributed by atoms with Crippen LogP contribution in [0.3, 0.4) is 0 Å². The molecule has 0 atom stereocenters. The van der Waals surface area contributed by atoms with Gasteiger partial charge >= 0.3 is 5.69 Å². The normalized spacial score (nSPS) is 9.79. The molecule has 0 unspecified atom stereocenters. The number of thioether (sulfide) groups is 1. The van der Waals surface area contributed by atoms with E-state index in [1.807, 2.05) is 0 Å². The predicted octanol–water partition coefficient (Wildman–Crippen LogP) is -0.191. The van der Waals surface area contributed by atoms with Gasteiger partial charge in [0.25, 0.3) is 5.56 Å². The van der Waals surface area contributed by atoms with Gasteiger partial charge in [-0.25, -0.2) is 4.79 Å². The minimum absolute atomic E-state index is 0.298. The summed E-state index contributed by atoms with van der Waals surface area (Å²) < 4.78 is 2.43. The number of nitrogens with zero attached hydrogens (tertiary/aromatic N) is 2. The van der Waals surface area contributed by atoms with E-state index in [4.69, 9.17) is 6.42 Å². The zero-order chi connectivity index (χ0) is 10.7. The van der Waals surface area contributed by atoms with Gasteiger partial charge in [0, 0.05) is 20.3 Å². The van der Waals surface area contributed by atoms with E-state index < -0.39 is 0 Å². The quantitative estimate of drug-likeness (QED) is 0.502. The molecule has 0 aliphatic carbocycles. The topological polar surface area (TPSA) is 44.0 Å². The average molecular weight is 210 g/mol. The molecule has 5 heteroatoms. The molecule has 0 bridgehead atoms. The van der Waals surface area contributed by atoms with Crippen molar-refractivity contribution in [3.8, 4) is 12.3 Å². The summed E-state index contributed by atoms with van der Waals surface area (Å²) in [4.78, 5) is 23.3. The Bertz CT molecular complexity index is 493. The Morgan fingerprint density at radius 2 is 2.14 bits per heavy atom. The van der Waals surface area contributed by atoms with Crippen LogP contribution in [-0.2, 0) is 14.1 Å². The Hall–Kier alpha value is -1.41. The van der Waals surface area contributed by atoms with Crippen molar-refractivity contribution in [2.45, 2.75) is 4.90 Å². The highest BCUT2D eigenvalue weighted by Crippen LogP contribution is 2.09. The van der Waals surface area contributed by atoms with Crippen LogP contribution in [-0.4, -0.2) is 14.9 Å². The van der Waals surface area contributed by atoms with E-state index in [-0.39, 0.29) is 11.2 Å². The number of rotatable bonds is 2. The molecule has 1 aromatic heterocycles. The highest BCUT2D eigenvalue weighted by atomic mass is 32.2. The number of hydrogen-bond acceptors (Lipinski definition) is 3. The van der Waals surface area contributed by atoms with Gasteiger partial charge in [0.1, 0.15) is 0 Å². The van der Waals surface area contributed by atoms with E-state index in [0.717, 1.165) is 4.57 Å². The molecule has 1 heterocycles. The summed E-state index contributed by atoms with van der Waals surface area (Å²) in [6.45, 7) is 0. The molecule has 74 valence electrons. The largest absolute Gasteiger partial charge is 0.330 e. The highest BCUT2D eigenvalue weighted by molar-refractivity contribution is 7.99. The van der Waals surface area contributed by atoms with Gasteiger partial charge < -0.3 is 4.57 Å². The molecule has 0 N–H and O–H groups in total. The van der Waals surface area contributed by atoms with Gasteiger partial charge in [-0.2, -0.15) is 0 Å². The van der Waals surface area contributed by atoms with E-state index >= 15 is 0 Å². The molecule has 4 nitrogen and oxygen atoms in total. The molecule has 0 saturated heterocycles. The molecule has 1 rings (SSSR count). The van der Waals surface area contributed by atoms with Crippen molar-refractivity contribution in [1.82, 2.24) is 9.13 Å². The first-order chi connectivity index (χ1) is 6.57. The second-order valence-electron chi connectivity index (χ2n) is 2.74. The van der Waals surface area contributed by atoms with Crippen LogP contribution < -0.4 is 11.2 Å². The number of terminal acetylenes is 1. The molecule has 0 amide bonds. The van der Waals surface area contributed by atoms with Gasteiger partial charge in [0.2, 0.25) is 0 Å². The summed E-state index contributed by atoms with van der Waals surface area (Å²) in [6, 6.07) is 0. The van der Waals surface area contributed by atoms with Crippen LogP contribution in [0.5, 0.6) is 0 Å². The van der Waals surface area contributed by atoms with E-state index in [9.17, 15) is 9.59 Å². The smallest absolute Gasteiger partial charge is 0.302 e. The maximum Gasteiger partial charge on any atom is 0.330 e. The Kier molecular flexibility index (Phi) is 3.20. The standard InChI is InChI=1S/C9H10N2O2S/c1-4-5-14-7-6-10(2)9(13)11(3)8(7)12/h1,6H,5H2,2-3H3. The van der Waals surface area contributed by atoms with Gasteiger partial charge in [0.05, 0.1) is 10.6 Å². The predicted molar refractivity (Wildman–Crippen MR) is 56.5 cm³/mol. The molecular formula is C9H10N2O2S. The third kappa shape index (κ3) is 1.91. The minimum atomic E-state index is -0.333. The molecule has 0 aliphatic rings. The zero-order valence-electron chi connectivity index (χ0n) is 7.98. The van der Waals surface area contributed by atoms with Crippen LogP contribution in [0.1, 0.15) is 0 Å². The lowest BCUT2D eigenvalue weighted by Crippen LogP contribution is -2.37. The Balaban J connectivity index is 3.28. The van der Waals surface area contributed by atoms with Crippen LogP contribution in [0.2, 0.25) is 0 Å². The summed E-state index contributed by atoms with van der Waals surface area (Å²) in [6.07, 6.45) is 6.59.